The molecule has 0 saturated heterocycles. The van der Waals surface area contributed by atoms with Crippen molar-refractivity contribution in [1.29, 1.82) is 0 Å². The van der Waals surface area contributed by atoms with Gasteiger partial charge in [-0.1, -0.05) is 0 Å². The third kappa shape index (κ3) is 39.1. The second-order valence-electron chi connectivity index (χ2n) is 1.19. The number of alkyl halides is 2. The fourth-order valence-electron chi connectivity index (χ4n) is 0.211. The maximum absolute atomic E-state index is 8.44. The molecule has 0 fully saturated rings. The normalized spacial score (nSPS) is 8.18. The maximum atomic E-state index is 8.44. The van der Waals surface area contributed by atoms with E-state index in [9.17, 15) is 0 Å². The topological polar surface area (TPSA) is 60.4 Å². The van der Waals surface area contributed by atoms with Crippen molar-refractivity contribution in [2.45, 2.75) is 0 Å². The lowest BCUT2D eigenvalue weighted by Gasteiger charge is -1.93. The average molecular weight is 223 g/mol. The number of hydrogen-bond acceptors (Lipinski definition) is 4. The van der Waals surface area contributed by atoms with Gasteiger partial charge in [-0.25, -0.2) is 0 Å². The molecule has 4 nitrogen and oxygen atoms in total. The first-order chi connectivity index (χ1) is 5.15. The summed E-state index contributed by atoms with van der Waals surface area (Å²) in [7, 11) is -3.11. The van der Waals surface area contributed by atoms with E-state index in [0.29, 0.717) is 25.0 Å². The molecule has 0 heterocycles. The van der Waals surface area contributed by atoms with Crippen LogP contribution in [0.2, 0.25) is 0 Å². The van der Waals surface area contributed by atoms with Crippen LogP contribution in [0.3, 0.4) is 0 Å². The van der Waals surface area contributed by atoms with Gasteiger partial charge < -0.3 is 4.74 Å². The molecule has 0 aromatic carbocycles. The minimum Gasteiger partial charge on any atom is -0.379 e. The summed E-state index contributed by atoms with van der Waals surface area (Å²) in [5.41, 5.74) is 0. The van der Waals surface area contributed by atoms with E-state index >= 15 is 0 Å². The first-order valence-corrected chi connectivity index (χ1v) is 4.68. The number of halogens is 2. The molecule has 0 aromatic heterocycles. The number of ether oxygens (including phenoxy) is 1. The fraction of sp³-hybridized carbons (Fsp3) is 1.00. The van der Waals surface area contributed by atoms with Crippen LogP contribution in [0.25, 0.3) is 0 Å². The predicted octanol–water partition coefficient (Wildman–Crippen LogP) is 0.477. The van der Waals surface area contributed by atoms with E-state index in [2.05, 4.69) is 0 Å². The molecule has 0 saturated carbocycles. The SMILES string of the molecule is ClCCOCCCl.O=S(=O)=O. The molecule has 0 atom stereocenters. The minimum absolute atomic E-state index is 0.552. The van der Waals surface area contributed by atoms with E-state index in [0.717, 1.165) is 0 Å². The molecule has 0 rings (SSSR count). The summed E-state index contributed by atoms with van der Waals surface area (Å²) >= 11 is 10.5. The maximum Gasteiger partial charge on any atom is 0.425 e. The summed E-state index contributed by atoms with van der Waals surface area (Å²) in [4.78, 5) is 0. The third-order valence-electron chi connectivity index (χ3n) is 0.443. The monoisotopic (exact) mass is 222 g/mol. The Morgan fingerprint density at radius 1 is 1.00 bits per heavy atom. The molecule has 0 aliphatic rings. The summed E-state index contributed by atoms with van der Waals surface area (Å²) in [5.74, 6) is 1.10. The zero-order valence-corrected chi connectivity index (χ0v) is 7.95. The van der Waals surface area contributed by atoms with Gasteiger partial charge in [-0.15, -0.1) is 35.8 Å². The summed E-state index contributed by atoms with van der Waals surface area (Å²) in [6, 6.07) is 0. The van der Waals surface area contributed by atoms with E-state index < -0.39 is 10.6 Å². The fourth-order valence-corrected chi connectivity index (χ4v) is 0.429. The lowest BCUT2D eigenvalue weighted by Crippen LogP contribution is -1.97. The summed E-state index contributed by atoms with van der Waals surface area (Å²) in [6.45, 7) is 1.21. The smallest absolute Gasteiger partial charge is 0.379 e. The van der Waals surface area contributed by atoms with Crippen LogP contribution < -0.4 is 0 Å². The lowest BCUT2D eigenvalue weighted by molar-refractivity contribution is 0.165. The van der Waals surface area contributed by atoms with Crippen molar-refractivity contribution in [1.82, 2.24) is 0 Å². The Morgan fingerprint density at radius 2 is 1.27 bits per heavy atom. The van der Waals surface area contributed by atoms with E-state index in [1.54, 1.807) is 0 Å². The standard InChI is InChI=1S/C4H8Cl2O.O3S/c5-1-3-7-4-2-6;1-4(2)3/h1-4H2;. The zero-order valence-electron chi connectivity index (χ0n) is 5.63. The van der Waals surface area contributed by atoms with Gasteiger partial charge in [0.2, 0.25) is 0 Å². The lowest BCUT2D eigenvalue weighted by atomic mass is 10.8. The van der Waals surface area contributed by atoms with Crippen LogP contribution in [0.1, 0.15) is 0 Å². The summed E-state index contributed by atoms with van der Waals surface area (Å²) in [6.07, 6.45) is 0. The quantitative estimate of drug-likeness (QED) is 0.513. The molecule has 7 heteroatoms. The van der Waals surface area contributed by atoms with Gasteiger partial charge in [0.05, 0.1) is 13.2 Å². The van der Waals surface area contributed by atoms with Gasteiger partial charge in [0, 0.05) is 11.8 Å². The highest BCUT2D eigenvalue weighted by molar-refractivity contribution is 7.59. The first-order valence-electron chi connectivity index (χ1n) is 2.61. The Labute approximate surface area is 76.5 Å². The van der Waals surface area contributed by atoms with Crippen molar-refractivity contribution in [3.63, 3.8) is 0 Å². The van der Waals surface area contributed by atoms with E-state index in [1.165, 1.54) is 0 Å². The molecular weight excluding hydrogens is 215 g/mol. The van der Waals surface area contributed by atoms with Crippen molar-refractivity contribution < 1.29 is 17.4 Å². The molecule has 0 amide bonds. The second-order valence-corrected chi connectivity index (χ2v) is 2.36. The Kier molecular flexibility index (Phi) is 16.0. The number of rotatable bonds is 4. The zero-order chi connectivity index (χ0) is 9.11. The van der Waals surface area contributed by atoms with Crippen LogP contribution in [-0.2, 0) is 15.3 Å². The van der Waals surface area contributed by atoms with Crippen molar-refractivity contribution in [3.05, 3.63) is 0 Å². The Morgan fingerprint density at radius 3 is 1.45 bits per heavy atom. The minimum atomic E-state index is -3.11. The highest BCUT2D eigenvalue weighted by atomic mass is 35.5. The van der Waals surface area contributed by atoms with Crippen LogP contribution in [0.5, 0.6) is 0 Å². The Balaban J connectivity index is 0. The Hall–Kier alpha value is 0.160. The summed E-state index contributed by atoms with van der Waals surface area (Å²) < 4.78 is 30.2. The molecule has 0 aromatic rings. The molecule has 0 bridgehead atoms. The van der Waals surface area contributed by atoms with Gasteiger partial charge in [-0.05, 0) is 0 Å². The molecule has 0 aliphatic carbocycles. The molecule has 0 radical (unpaired) electrons. The molecule has 11 heavy (non-hydrogen) atoms. The molecule has 0 unspecified atom stereocenters. The van der Waals surface area contributed by atoms with Gasteiger partial charge in [-0.2, -0.15) is 0 Å². The van der Waals surface area contributed by atoms with Gasteiger partial charge >= 0.3 is 10.6 Å². The van der Waals surface area contributed by atoms with Crippen LogP contribution in [0.15, 0.2) is 0 Å². The van der Waals surface area contributed by atoms with E-state index in [4.69, 9.17) is 40.6 Å². The second kappa shape index (κ2) is 12.8. The predicted molar refractivity (Wildman–Crippen MR) is 42.0 cm³/mol. The van der Waals surface area contributed by atoms with Crippen LogP contribution >= 0.6 is 23.2 Å². The molecular formula is C4H8Cl2O4S. The first kappa shape index (κ1) is 13.7. The van der Waals surface area contributed by atoms with Crippen molar-refractivity contribution in [3.8, 4) is 0 Å². The van der Waals surface area contributed by atoms with Crippen LogP contribution in [0, 0.1) is 0 Å². The van der Waals surface area contributed by atoms with Gasteiger partial charge in [0.15, 0.2) is 0 Å². The van der Waals surface area contributed by atoms with E-state index in [1.807, 2.05) is 0 Å². The van der Waals surface area contributed by atoms with Gasteiger partial charge in [0.25, 0.3) is 0 Å². The summed E-state index contributed by atoms with van der Waals surface area (Å²) in [5, 5.41) is 0. The van der Waals surface area contributed by atoms with Crippen molar-refractivity contribution in [2.24, 2.45) is 0 Å². The van der Waals surface area contributed by atoms with Crippen LogP contribution in [-0.4, -0.2) is 37.6 Å². The highest BCUT2D eigenvalue weighted by Gasteiger charge is 1.80. The number of hydrogen-bond donors (Lipinski definition) is 0. The average Bonchev–Trinajstić information content (AvgIpc) is 1.88. The molecule has 0 aliphatic heterocycles. The molecule has 0 N–H and O–H groups in total. The van der Waals surface area contributed by atoms with Crippen molar-refractivity contribution >= 4 is 33.8 Å². The molecule has 0 spiro atoms. The van der Waals surface area contributed by atoms with Gasteiger partial charge in [-0.3, -0.25) is 0 Å². The van der Waals surface area contributed by atoms with E-state index in [-0.39, 0.29) is 0 Å². The largest absolute Gasteiger partial charge is 0.425 e. The highest BCUT2D eigenvalue weighted by Crippen LogP contribution is 1.80. The van der Waals surface area contributed by atoms with Crippen LogP contribution in [0.4, 0.5) is 0 Å². The Bertz CT molecular complexity index is 141. The molecule has 68 valence electrons. The van der Waals surface area contributed by atoms with Crippen molar-refractivity contribution in [2.75, 3.05) is 25.0 Å². The third-order valence-corrected chi connectivity index (χ3v) is 0.752. The van der Waals surface area contributed by atoms with Gasteiger partial charge in [0.1, 0.15) is 0 Å².